The summed E-state index contributed by atoms with van der Waals surface area (Å²) in [6.45, 7) is 12.2. The van der Waals surface area contributed by atoms with Gasteiger partial charge in [0, 0.05) is 11.1 Å². The quantitative estimate of drug-likeness (QED) is 0.642. The highest BCUT2D eigenvalue weighted by molar-refractivity contribution is 6.25. The summed E-state index contributed by atoms with van der Waals surface area (Å²) in [5.74, 6) is 0.125. The highest BCUT2D eigenvalue weighted by Crippen LogP contribution is 2.41. The number of ketones is 1. The number of hydrogen-bond donors (Lipinski definition) is 0. The molecule has 2 aliphatic rings. The summed E-state index contributed by atoms with van der Waals surface area (Å²) < 4.78 is 0. The van der Waals surface area contributed by atoms with Crippen molar-refractivity contribution < 1.29 is 4.79 Å². The maximum absolute atomic E-state index is 12.9. The van der Waals surface area contributed by atoms with Gasteiger partial charge in [-0.05, 0) is 76.6 Å². The van der Waals surface area contributed by atoms with E-state index >= 15 is 0 Å². The molecule has 0 spiro atoms. The molecule has 0 atom stereocenters. The molecule has 0 radical (unpaired) electrons. The van der Waals surface area contributed by atoms with Crippen LogP contribution in [0.2, 0.25) is 0 Å². The first kappa shape index (κ1) is 15.6. The van der Waals surface area contributed by atoms with E-state index in [4.69, 9.17) is 0 Å². The average Bonchev–Trinajstić information content (AvgIpc) is 2.79. The first-order valence-corrected chi connectivity index (χ1v) is 8.56. The highest BCUT2D eigenvalue weighted by atomic mass is 16.1. The van der Waals surface area contributed by atoms with Crippen LogP contribution in [0.15, 0.2) is 55.2 Å². The number of allylic oxidation sites excluding steroid dienone is 6. The molecule has 1 nitrogen and oxygen atoms in total. The van der Waals surface area contributed by atoms with Crippen molar-refractivity contribution >= 4 is 34.3 Å². The fourth-order valence-corrected chi connectivity index (χ4v) is 4.06. The third-order valence-corrected chi connectivity index (χ3v) is 5.38. The van der Waals surface area contributed by atoms with Crippen molar-refractivity contribution in [3.8, 4) is 0 Å². The molecule has 0 saturated carbocycles. The fourth-order valence-electron chi connectivity index (χ4n) is 4.06. The molecule has 25 heavy (non-hydrogen) atoms. The van der Waals surface area contributed by atoms with Crippen LogP contribution in [0.1, 0.15) is 44.6 Å². The molecular formula is C24H20O. The summed E-state index contributed by atoms with van der Waals surface area (Å²) in [6.07, 6.45) is 12.9. The van der Waals surface area contributed by atoms with Crippen molar-refractivity contribution in [3.63, 3.8) is 0 Å². The van der Waals surface area contributed by atoms with Gasteiger partial charge in [0.1, 0.15) is 0 Å². The topological polar surface area (TPSA) is 17.1 Å². The van der Waals surface area contributed by atoms with Gasteiger partial charge in [-0.15, -0.1) is 0 Å². The predicted molar refractivity (Wildman–Crippen MR) is 108 cm³/mol. The van der Waals surface area contributed by atoms with Crippen molar-refractivity contribution in [1.82, 2.24) is 0 Å². The molecule has 2 aromatic carbocycles. The Bertz CT molecular complexity index is 1070. The lowest BCUT2D eigenvalue weighted by Gasteiger charge is -2.16. The Kier molecular flexibility index (Phi) is 3.47. The molecule has 0 saturated heterocycles. The minimum atomic E-state index is 0.125. The summed E-state index contributed by atoms with van der Waals surface area (Å²) in [6, 6.07) is 4.24. The Morgan fingerprint density at radius 3 is 1.92 bits per heavy atom. The maximum Gasteiger partial charge on any atom is 0.194 e. The van der Waals surface area contributed by atoms with Crippen LogP contribution in [-0.4, -0.2) is 5.78 Å². The van der Waals surface area contributed by atoms with Gasteiger partial charge in [-0.3, -0.25) is 4.79 Å². The number of Topliss-reactive ketones (excluding diaryl/α,β-unsaturated/α-hetero) is 1. The number of benzene rings is 2. The number of rotatable bonds is 2. The zero-order valence-electron chi connectivity index (χ0n) is 14.6. The van der Waals surface area contributed by atoms with Crippen LogP contribution in [0.4, 0.5) is 0 Å². The molecule has 2 aromatic rings. The third-order valence-electron chi connectivity index (χ3n) is 5.38. The van der Waals surface area contributed by atoms with Gasteiger partial charge in [-0.1, -0.05) is 49.6 Å². The molecule has 4 rings (SSSR count). The van der Waals surface area contributed by atoms with E-state index in [1.165, 1.54) is 10.9 Å². The standard InChI is InChI=1S/C24H20O/c1-5-16-14(3)20-12-22-18-10-8-7-9-11-19(18)24(25)23(22)13-21(20)15(4)17(16)6-2/h5-6,8-13H,1-2,7H2,3-4H3. The molecule has 0 fully saturated rings. The number of carbonyl (C=O) groups excluding carboxylic acids is 1. The second kappa shape index (κ2) is 5.56. The molecule has 0 N–H and O–H groups in total. The van der Waals surface area contributed by atoms with E-state index < -0.39 is 0 Å². The van der Waals surface area contributed by atoms with Crippen LogP contribution in [0.25, 0.3) is 28.5 Å². The van der Waals surface area contributed by atoms with Gasteiger partial charge in [0.05, 0.1) is 0 Å². The molecule has 0 heterocycles. The Balaban J connectivity index is 2.12. The molecule has 1 heteroatoms. The molecule has 0 aliphatic heterocycles. The van der Waals surface area contributed by atoms with Crippen LogP contribution in [0, 0.1) is 13.8 Å². The number of carbonyl (C=O) groups is 1. The normalized spacial score (nSPS) is 15.4. The Labute approximate surface area is 148 Å². The van der Waals surface area contributed by atoms with E-state index in [1.54, 1.807) is 0 Å². The van der Waals surface area contributed by atoms with Gasteiger partial charge in [-0.25, -0.2) is 0 Å². The van der Waals surface area contributed by atoms with Gasteiger partial charge in [0.15, 0.2) is 5.78 Å². The maximum atomic E-state index is 12.9. The number of aryl methyl sites for hydroxylation is 2. The minimum absolute atomic E-state index is 0.125. The first-order chi connectivity index (χ1) is 12.1. The average molecular weight is 324 g/mol. The van der Waals surface area contributed by atoms with Gasteiger partial charge in [-0.2, -0.15) is 0 Å². The van der Waals surface area contributed by atoms with E-state index in [9.17, 15) is 4.79 Å². The molecule has 2 aliphatic carbocycles. The summed E-state index contributed by atoms with van der Waals surface area (Å²) in [7, 11) is 0. The number of hydrogen-bond acceptors (Lipinski definition) is 1. The minimum Gasteiger partial charge on any atom is -0.289 e. The van der Waals surface area contributed by atoms with Crippen LogP contribution < -0.4 is 0 Å². The van der Waals surface area contributed by atoms with Crippen LogP contribution in [0.5, 0.6) is 0 Å². The predicted octanol–water partition coefficient (Wildman–Crippen LogP) is 6.21. The largest absolute Gasteiger partial charge is 0.289 e. The second-order valence-electron chi connectivity index (χ2n) is 6.63. The lowest BCUT2D eigenvalue weighted by molar-refractivity contribution is 0.104. The van der Waals surface area contributed by atoms with Crippen molar-refractivity contribution in [2.45, 2.75) is 20.3 Å². The number of fused-ring (bicyclic) bond motifs is 3. The van der Waals surface area contributed by atoms with Crippen molar-refractivity contribution in [1.29, 1.82) is 0 Å². The smallest absolute Gasteiger partial charge is 0.194 e. The molecule has 0 bridgehead atoms. The van der Waals surface area contributed by atoms with E-state index in [2.05, 4.69) is 51.3 Å². The highest BCUT2D eigenvalue weighted by Gasteiger charge is 2.28. The van der Waals surface area contributed by atoms with Crippen molar-refractivity contribution in [2.24, 2.45) is 0 Å². The molecule has 122 valence electrons. The van der Waals surface area contributed by atoms with Gasteiger partial charge in [0.25, 0.3) is 0 Å². The zero-order chi connectivity index (χ0) is 17.7. The van der Waals surface area contributed by atoms with E-state index in [0.717, 1.165) is 50.8 Å². The Hall–Kier alpha value is -2.93. The Morgan fingerprint density at radius 1 is 0.840 bits per heavy atom. The fraction of sp³-hybridized carbons (Fsp3) is 0.125. The summed E-state index contributed by atoms with van der Waals surface area (Å²) in [5.41, 5.74) is 8.24. The molecule has 0 amide bonds. The van der Waals surface area contributed by atoms with E-state index in [0.29, 0.717) is 0 Å². The van der Waals surface area contributed by atoms with Crippen LogP contribution in [-0.2, 0) is 0 Å². The van der Waals surface area contributed by atoms with Crippen LogP contribution in [0.3, 0.4) is 0 Å². The van der Waals surface area contributed by atoms with Crippen molar-refractivity contribution in [2.75, 3.05) is 0 Å². The zero-order valence-corrected chi connectivity index (χ0v) is 14.6. The van der Waals surface area contributed by atoms with E-state index in [1.807, 2.05) is 24.3 Å². The summed E-state index contributed by atoms with van der Waals surface area (Å²) >= 11 is 0. The molecule has 0 aromatic heterocycles. The second-order valence-corrected chi connectivity index (χ2v) is 6.63. The molecular weight excluding hydrogens is 304 g/mol. The van der Waals surface area contributed by atoms with Crippen molar-refractivity contribution in [3.05, 3.63) is 88.5 Å². The lowest BCUT2D eigenvalue weighted by Crippen LogP contribution is -2.00. The third kappa shape index (κ3) is 2.05. The molecule has 0 unspecified atom stereocenters. The Morgan fingerprint density at radius 2 is 1.36 bits per heavy atom. The summed E-state index contributed by atoms with van der Waals surface area (Å²) in [5, 5.41) is 2.30. The summed E-state index contributed by atoms with van der Waals surface area (Å²) in [4.78, 5) is 12.9. The van der Waals surface area contributed by atoms with Gasteiger partial charge in [0.2, 0.25) is 0 Å². The first-order valence-electron chi connectivity index (χ1n) is 8.56. The monoisotopic (exact) mass is 324 g/mol. The SMILES string of the molecule is C=Cc1c(C=C)c(C)c2cc3c(cc2c1C)C(=O)C1=C3C=CCC=C1. The van der Waals surface area contributed by atoms with Gasteiger partial charge >= 0.3 is 0 Å². The van der Waals surface area contributed by atoms with Crippen LogP contribution >= 0.6 is 0 Å². The van der Waals surface area contributed by atoms with Gasteiger partial charge < -0.3 is 0 Å². The van der Waals surface area contributed by atoms with E-state index in [-0.39, 0.29) is 5.78 Å². The lowest BCUT2D eigenvalue weighted by atomic mass is 9.87.